The summed E-state index contributed by atoms with van der Waals surface area (Å²) < 4.78 is 62.4. The van der Waals surface area contributed by atoms with Crippen LogP contribution in [-0.2, 0) is 24.4 Å². The van der Waals surface area contributed by atoms with Gasteiger partial charge in [0.15, 0.2) is 6.10 Å². The summed E-state index contributed by atoms with van der Waals surface area (Å²) in [5.74, 6) is -1.16. The first-order chi connectivity index (χ1) is 7.57. The number of rotatable bonds is 4. The predicted octanol–water partition coefficient (Wildman–Crippen LogP) is -1.91. The maximum absolute atomic E-state index is 12.8. The zero-order valence-electron chi connectivity index (χ0n) is 7.99. The molecule has 1 fully saturated rings. The minimum atomic E-state index is -5.89. The highest BCUT2D eigenvalue weighted by Crippen LogP contribution is 2.27. The zero-order chi connectivity index (χ0) is 13.4. The molecule has 0 aromatic rings. The van der Waals surface area contributed by atoms with Gasteiger partial charge in [-0.1, -0.05) is 0 Å². The van der Waals surface area contributed by atoms with Gasteiger partial charge in [0.25, 0.3) is 0 Å². The first-order valence-corrected chi connectivity index (χ1v) is 5.54. The molecular formula is C6H8F2O8S. The Kier molecular flexibility index (Phi) is 3.69. The lowest BCUT2D eigenvalue weighted by Crippen LogP contribution is -2.46. The Morgan fingerprint density at radius 2 is 2.06 bits per heavy atom. The van der Waals surface area contributed by atoms with E-state index in [9.17, 15) is 22.0 Å². The average Bonchev–Trinajstić information content (AvgIpc) is 2.47. The van der Waals surface area contributed by atoms with E-state index in [-0.39, 0.29) is 0 Å². The third-order valence-corrected chi connectivity index (χ3v) is 2.81. The van der Waals surface area contributed by atoms with E-state index in [4.69, 9.17) is 14.8 Å². The smallest absolute Gasteiger partial charge is 0.418 e. The minimum Gasteiger partial charge on any atom is -0.461 e. The Hall–Kier alpha value is -0.880. The van der Waals surface area contributed by atoms with Gasteiger partial charge in [-0.3, -0.25) is 4.55 Å². The van der Waals surface area contributed by atoms with Crippen LogP contribution in [0.15, 0.2) is 0 Å². The highest BCUT2D eigenvalue weighted by molar-refractivity contribution is 7.86. The molecule has 3 atom stereocenters. The number of carbonyl (C=O) groups is 1. The Labute approximate surface area is 93.5 Å². The van der Waals surface area contributed by atoms with Crippen LogP contribution in [0.25, 0.3) is 0 Å². The number of ether oxygens (including phenoxy) is 2. The molecule has 0 saturated carbocycles. The Bertz CT molecular complexity index is 406. The molecule has 3 unspecified atom stereocenters. The quantitative estimate of drug-likeness (QED) is 0.308. The third kappa shape index (κ3) is 2.69. The fourth-order valence-electron chi connectivity index (χ4n) is 0.978. The number of cyclic esters (lactones) is 1. The van der Waals surface area contributed by atoms with E-state index in [1.807, 2.05) is 0 Å². The normalized spacial score (nSPS) is 27.9. The van der Waals surface area contributed by atoms with E-state index in [2.05, 4.69) is 9.47 Å². The summed E-state index contributed by atoms with van der Waals surface area (Å²) in [7, 11) is -5.89. The van der Waals surface area contributed by atoms with Gasteiger partial charge in [0.2, 0.25) is 6.29 Å². The molecule has 1 heterocycles. The van der Waals surface area contributed by atoms with Crippen LogP contribution in [-0.4, -0.2) is 59.5 Å². The van der Waals surface area contributed by atoms with E-state index >= 15 is 0 Å². The molecule has 3 N–H and O–H groups in total. The van der Waals surface area contributed by atoms with E-state index in [0.717, 1.165) is 0 Å². The van der Waals surface area contributed by atoms with Gasteiger partial charge in [0, 0.05) is 0 Å². The maximum Gasteiger partial charge on any atom is 0.418 e. The van der Waals surface area contributed by atoms with Crippen molar-refractivity contribution in [3.8, 4) is 0 Å². The average molecular weight is 278 g/mol. The molecule has 11 heteroatoms. The van der Waals surface area contributed by atoms with Crippen molar-refractivity contribution in [3.63, 3.8) is 0 Å². The van der Waals surface area contributed by atoms with Crippen molar-refractivity contribution in [2.45, 2.75) is 23.8 Å². The molecule has 1 aliphatic rings. The fraction of sp³-hybridized carbons (Fsp3) is 0.833. The molecule has 100 valence electrons. The lowest BCUT2D eigenvalue weighted by molar-refractivity contribution is -0.227. The summed E-state index contributed by atoms with van der Waals surface area (Å²) in [6, 6.07) is 0. The predicted molar refractivity (Wildman–Crippen MR) is 44.3 cm³/mol. The van der Waals surface area contributed by atoms with E-state index in [0.29, 0.717) is 0 Å². The molecule has 0 amide bonds. The molecule has 8 nitrogen and oxygen atoms in total. The van der Waals surface area contributed by atoms with Crippen LogP contribution in [0.1, 0.15) is 0 Å². The number of alkyl halides is 2. The molecule has 0 bridgehead atoms. The minimum absolute atomic E-state index is 0.626. The fourth-order valence-corrected chi connectivity index (χ4v) is 1.29. The van der Waals surface area contributed by atoms with Gasteiger partial charge in [-0.25, -0.2) is 4.79 Å². The molecule has 0 aromatic heterocycles. The summed E-state index contributed by atoms with van der Waals surface area (Å²) >= 11 is 0. The van der Waals surface area contributed by atoms with E-state index < -0.39 is 46.4 Å². The number of aliphatic hydroxyl groups excluding tert-OH is 2. The second-order valence-electron chi connectivity index (χ2n) is 3.14. The van der Waals surface area contributed by atoms with Crippen molar-refractivity contribution in [1.82, 2.24) is 0 Å². The number of carbonyl (C=O) groups excluding carboxylic acids is 1. The Morgan fingerprint density at radius 3 is 2.41 bits per heavy atom. The number of aliphatic hydroxyl groups is 2. The molecule has 1 rings (SSSR count). The number of hydrogen-bond acceptors (Lipinski definition) is 7. The first kappa shape index (κ1) is 14.2. The SMILES string of the molecule is O=C1OCC(OC(O)C(F)(F)S(=O)(=O)O)C1O. The standard InChI is InChI=1S/C6H8F2O8S/c7-6(8,17(12,13)14)5(11)16-2-1-15-4(10)3(2)9/h2-3,5,9,11H,1H2,(H,12,13,14). The van der Waals surface area contributed by atoms with Crippen molar-refractivity contribution >= 4 is 16.1 Å². The summed E-state index contributed by atoms with van der Waals surface area (Å²) in [4.78, 5) is 10.6. The van der Waals surface area contributed by atoms with Crippen LogP contribution in [0.4, 0.5) is 8.78 Å². The lowest BCUT2D eigenvalue weighted by atomic mass is 10.2. The van der Waals surface area contributed by atoms with Crippen LogP contribution >= 0.6 is 0 Å². The number of hydrogen-bond donors (Lipinski definition) is 3. The summed E-state index contributed by atoms with van der Waals surface area (Å²) in [5.41, 5.74) is 0. The van der Waals surface area contributed by atoms with Crippen molar-refractivity contribution < 1.29 is 46.2 Å². The number of esters is 1. The molecule has 17 heavy (non-hydrogen) atoms. The summed E-state index contributed by atoms with van der Waals surface area (Å²) in [6.07, 6.45) is -6.81. The van der Waals surface area contributed by atoms with Crippen molar-refractivity contribution in [2.75, 3.05) is 6.61 Å². The topological polar surface area (TPSA) is 130 Å². The zero-order valence-corrected chi connectivity index (χ0v) is 8.80. The van der Waals surface area contributed by atoms with Crippen molar-refractivity contribution in [2.24, 2.45) is 0 Å². The summed E-state index contributed by atoms with van der Waals surface area (Å²) in [6.45, 7) is -0.626. The van der Waals surface area contributed by atoms with Crippen LogP contribution in [0.2, 0.25) is 0 Å². The highest BCUT2D eigenvalue weighted by Gasteiger charge is 2.54. The van der Waals surface area contributed by atoms with Crippen LogP contribution in [0.3, 0.4) is 0 Å². The molecule has 0 spiro atoms. The van der Waals surface area contributed by atoms with Gasteiger partial charge >= 0.3 is 21.3 Å². The third-order valence-electron chi connectivity index (χ3n) is 1.92. The van der Waals surface area contributed by atoms with Crippen molar-refractivity contribution in [1.29, 1.82) is 0 Å². The van der Waals surface area contributed by atoms with Crippen LogP contribution in [0, 0.1) is 0 Å². The first-order valence-electron chi connectivity index (χ1n) is 4.10. The Morgan fingerprint density at radius 1 is 1.53 bits per heavy atom. The molecule has 0 aliphatic carbocycles. The molecule has 0 radical (unpaired) electrons. The van der Waals surface area contributed by atoms with E-state index in [1.54, 1.807) is 0 Å². The monoisotopic (exact) mass is 278 g/mol. The van der Waals surface area contributed by atoms with Gasteiger partial charge in [0.1, 0.15) is 12.7 Å². The second kappa shape index (κ2) is 4.42. The van der Waals surface area contributed by atoms with Crippen LogP contribution in [0.5, 0.6) is 0 Å². The van der Waals surface area contributed by atoms with Gasteiger partial charge < -0.3 is 19.7 Å². The highest BCUT2D eigenvalue weighted by atomic mass is 32.2. The van der Waals surface area contributed by atoms with Gasteiger partial charge in [0.05, 0.1) is 0 Å². The Balaban J connectivity index is 2.74. The molecule has 0 aromatic carbocycles. The molecule has 1 aliphatic heterocycles. The van der Waals surface area contributed by atoms with Gasteiger partial charge in [-0.15, -0.1) is 0 Å². The van der Waals surface area contributed by atoms with Gasteiger partial charge in [-0.2, -0.15) is 17.2 Å². The lowest BCUT2D eigenvalue weighted by Gasteiger charge is -2.22. The number of halogens is 2. The van der Waals surface area contributed by atoms with Crippen LogP contribution < -0.4 is 0 Å². The van der Waals surface area contributed by atoms with E-state index in [1.165, 1.54) is 0 Å². The maximum atomic E-state index is 12.8. The molecular weight excluding hydrogens is 270 g/mol. The largest absolute Gasteiger partial charge is 0.461 e. The summed E-state index contributed by atoms with van der Waals surface area (Å²) in [5, 5.41) is 12.8. The van der Waals surface area contributed by atoms with Crippen molar-refractivity contribution in [3.05, 3.63) is 0 Å². The second-order valence-corrected chi connectivity index (χ2v) is 4.63. The van der Waals surface area contributed by atoms with Gasteiger partial charge in [-0.05, 0) is 0 Å². The molecule has 1 saturated heterocycles.